The summed E-state index contributed by atoms with van der Waals surface area (Å²) in [7, 11) is -2.49. The lowest BCUT2D eigenvalue weighted by atomic mass is 10.1. The third kappa shape index (κ3) is 5.45. The minimum Gasteiger partial charge on any atom is -0.497 e. The summed E-state index contributed by atoms with van der Waals surface area (Å²) in [6, 6.07) is 5.03. The zero-order valence-corrected chi connectivity index (χ0v) is 17.1. The summed E-state index contributed by atoms with van der Waals surface area (Å²) in [5.74, 6) is -3.05. The van der Waals surface area contributed by atoms with Crippen LogP contribution in [-0.4, -0.2) is 73.8 Å². The number of carbonyl (C=O) groups is 3. The van der Waals surface area contributed by atoms with Crippen molar-refractivity contribution in [1.29, 1.82) is 0 Å². The minimum atomic E-state index is -3.93. The van der Waals surface area contributed by atoms with Crippen LogP contribution in [0.25, 0.3) is 0 Å². The second-order valence-electron chi connectivity index (χ2n) is 6.69. The highest BCUT2D eigenvalue weighted by Gasteiger charge is 2.39. The number of hydroxylamine groups is 1. The van der Waals surface area contributed by atoms with Gasteiger partial charge in [0.05, 0.1) is 23.7 Å². The molecule has 1 aliphatic heterocycles. The average Bonchev–Trinajstić information content (AvgIpc) is 2.98. The first-order chi connectivity index (χ1) is 13.7. The topological polar surface area (TPSA) is 133 Å². The average molecular weight is 427 g/mol. The monoisotopic (exact) mass is 427 g/mol. The van der Waals surface area contributed by atoms with Crippen molar-refractivity contribution in [3.63, 3.8) is 0 Å². The fourth-order valence-electron chi connectivity index (χ4n) is 2.96. The molecule has 1 fully saturated rings. The summed E-state index contributed by atoms with van der Waals surface area (Å²) in [4.78, 5) is 38.9. The Hall–Kier alpha value is -2.66. The van der Waals surface area contributed by atoms with Crippen LogP contribution in [0.2, 0.25) is 0 Å². The lowest BCUT2D eigenvalue weighted by Gasteiger charge is -2.21. The van der Waals surface area contributed by atoms with Gasteiger partial charge in [-0.3, -0.25) is 19.7 Å². The summed E-state index contributed by atoms with van der Waals surface area (Å²) in [5.41, 5.74) is 1.42. The van der Waals surface area contributed by atoms with Crippen molar-refractivity contribution in [1.82, 2.24) is 15.3 Å². The van der Waals surface area contributed by atoms with E-state index in [1.165, 1.54) is 41.8 Å². The summed E-state index contributed by atoms with van der Waals surface area (Å²) in [5, 5.41) is 9.01. The number of carbonyl (C=O) groups excluding carboxylic acids is 3. The molecule has 1 saturated heterocycles. The van der Waals surface area contributed by atoms with E-state index in [1.807, 2.05) is 6.92 Å². The van der Waals surface area contributed by atoms with E-state index < -0.39 is 45.9 Å². The molecular formula is C18H25N3O7S. The van der Waals surface area contributed by atoms with Crippen LogP contribution in [0.1, 0.15) is 19.8 Å². The maximum Gasteiger partial charge on any atom is 0.327 e. The number of ether oxygens (including phenoxy) is 1. The third-order valence-electron chi connectivity index (χ3n) is 4.63. The van der Waals surface area contributed by atoms with Crippen molar-refractivity contribution in [3.8, 4) is 5.75 Å². The maximum atomic E-state index is 12.7. The van der Waals surface area contributed by atoms with Gasteiger partial charge in [0.1, 0.15) is 12.3 Å². The predicted molar refractivity (Wildman–Crippen MR) is 102 cm³/mol. The largest absolute Gasteiger partial charge is 0.497 e. The Morgan fingerprint density at radius 1 is 1.28 bits per heavy atom. The van der Waals surface area contributed by atoms with Crippen LogP contribution in [-0.2, 0) is 19.4 Å². The molecule has 1 aromatic carbocycles. The number of hydrogen-bond acceptors (Lipinski definition) is 7. The van der Waals surface area contributed by atoms with Gasteiger partial charge in [-0.15, -0.1) is 0 Å². The first-order valence-corrected chi connectivity index (χ1v) is 10.8. The van der Waals surface area contributed by atoms with Gasteiger partial charge in [0.15, 0.2) is 9.84 Å². The molecule has 10 nitrogen and oxygen atoms in total. The van der Waals surface area contributed by atoms with Crippen molar-refractivity contribution in [3.05, 3.63) is 24.3 Å². The number of nitrogens with one attached hydrogen (secondary N) is 1. The molecule has 0 radical (unpaired) electrons. The van der Waals surface area contributed by atoms with Gasteiger partial charge < -0.3 is 9.64 Å². The number of methoxy groups -OCH3 is 1. The SMILES string of the molecule is CCCCN1CC(=O)N(CC(CS(=O)(=O)c2ccc(OC)cc2)C(=O)NO)C1=O. The van der Waals surface area contributed by atoms with Crippen LogP contribution in [0.4, 0.5) is 4.79 Å². The zero-order chi connectivity index (χ0) is 21.6. The van der Waals surface area contributed by atoms with E-state index in [0.29, 0.717) is 12.3 Å². The van der Waals surface area contributed by atoms with Gasteiger partial charge in [0, 0.05) is 13.1 Å². The standard InChI is InChI=1S/C18H25N3O7S/c1-3-4-9-20-11-16(22)21(18(20)24)10-13(17(23)19-25)12-29(26,27)15-7-5-14(28-2)6-8-15/h5-8,13,25H,3-4,9-12H2,1-2H3,(H,19,23). The number of unbranched alkanes of at least 4 members (excludes halogenated alkanes) is 1. The molecule has 2 rings (SSSR count). The van der Waals surface area contributed by atoms with Gasteiger partial charge in [-0.05, 0) is 30.7 Å². The first kappa shape index (κ1) is 22.6. The van der Waals surface area contributed by atoms with E-state index >= 15 is 0 Å². The van der Waals surface area contributed by atoms with Crippen LogP contribution >= 0.6 is 0 Å². The minimum absolute atomic E-state index is 0.0438. The molecule has 2 N–H and O–H groups in total. The van der Waals surface area contributed by atoms with Crippen molar-refractivity contribution in [2.24, 2.45) is 5.92 Å². The van der Waals surface area contributed by atoms with Gasteiger partial charge in [-0.2, -0.15) is 0 Å². The molecule has 0 aromatic heterocycles. The van der Waals surface area contributed by atoms with E-state index in [2.05, 4.69) is 0 Å². The maximum absolute atomic E-state index is 12.7. The Bertz CT molecular complexity index is 855. The van der Waals surface area contributed by atoms with Gasteiger partial charge in [-0.25, -0.2) is 18.7 Å². The number of nitrogens with zero attached hydrogens (tertiary/aromatic N) is 2. The van der Waals surface area contributed by atoms with Crippen molar-refractivity contribution < 1.29 is 32.7 Å². The molecule has 1 heterocycles. The summed E-state index contributed by atoms with van der Waals surface area (Å²) < 4.78 is 30.4. The predicted octanol–water partition coefficient (Wildman–Crippen LogP) is 0.655. The third-order valence-corrected chi connectivity index (χ3v) is 6.46. The summed E-state index contributed by atoms with van der Waals surface area (Å²) >= 11 is 0. The molecule has 160 valence electrons. The van der Waals surface area contributed by atoms with Crippen LogP contribution in [0, 0.1) is 5.92 Å². The number of amides is 4. The van der Waals surface area contributed by atoms with Crippen LogP contribution in [0.15, 0.2) is 29.2 Å². The Morgan fingerprint density at radius 2 is 1.93 bits per heavy atom. The van der Waals surface area contributed by atoms with Crippen molar-refractivity contribution in [2.75, 3.05) is 32.5 Å². The number of rotatable bonds is 10. The van der Waals surface area contributed by atoms with E-state index in [9.17, 15) is 22.8 Å². The van der Waals surface area contributed by atoms with Crippen LogP contribution in [0.3, 0.4) is 0 Å². The number of hydrogen-bond donors (Lipinski definition) is 2. The Labute approximate surface area is 169 Å². The molecule has 0 spiro atoms. The Balaban J connectivity index is 2.18. The summed E-state index contributed by atoms with van der Waals surface area (Å²) in [6.07, 6.45) is 1.56. The highest BCUT2D eigenvalue weighted by molar-refractivity contribution is 7.91. The normalized spacial score (nSPS) is 15.6. The Morgan fingerprint density at radius 3 is 2.48 bits per heavy atom. The highest BCUT2D eigenvalue weighted by atomic mass is 32.2. The van der Waals surface area contributed by atoms with Crippen LogP contribution < -0.4 is 10.2 Å². The lowest BCUT2D eigenvalue weighted by molar-refractivity contribution is -0.134. The molecule has 29 heavy (non-hydrogen) atoms. The van der Waals surface area contributed by atoms with Gasteiger partial charge in [0.2, 0.25) is 11.8 Å². The molecule has 0 saturated carbocycles. The number of benzene rings is 1. The second-order valence-corrected chi connectivity index (χ2v) is 8.73. The molecule has 0 aliphatic carbocycles. The molecule has 1 atom stereocenters. The molecule has 4 amide bonds. The number of imide groups is 1. The van der Waals surface area contributed by atoms with Gasteiger partial charge in [0.25, 0.3) is 0 Å². The van der Waals surface area contributed by atoms with Gasteiger partial charge >= 0.3 is 6.03 Å². The molecule has 0 bridgehead atoms. The highest BCUT2D eigenvalue weighted by Crippen LogP contribution is 2.21. The molecular weight excluding hydrogens is 402 g/mol. The molecule has 11 heteroatoms. The lowest BCUT2D eigenvalue weighted by Crippen LogP contribution is -2.44. The quantitative estimate of drug-likeness (QED) is 0.318. The number of sulfone groups is 1. The molecule has 1 unspecified atom stereocenters. The van der Waals surface area contributed by atoms with E-state index in [1.54, 1.807) is 0 Å². The molecule has 1 aliphatic rings. The fraction of sp³-hybridized carbons (Fsp3) is 0.500. The fourth-order valence-corrected chi connectivity index (χ4v) is 4.49. The summed E-state index contributed by atoms with van der Waals surface area (Å²) in [6.45, 7) is 1.80. The first-order valence-electron chi connectivity index (χ1n) is 9.13. The second kappa shape index (κ2) is 9.70. The van der Waals surface area contributed by atoms with Crippen molar-refractivity contribution >= 4 is 27.7 Å². The smallest absolute Gasteiger partial charge is 0.327 e. The van der Waals surface area contributed by atoms with Crippen molar-refractivity contribution in [2.45, 2.75) is 24.7 Å². The van der Waals surface area contributed by atoms with E-state index in [0.717, 1.165) is 17.7 Å². The van der Waals surface area contributed by atoms with E-state index in [4.69, 9.17) is 9.94 Å². The van der Waals surface area contributed by atoms with E-state index in [-0.39, 0.29) is 11.4 Å². The Kier molecular flexibility index (Phi) is 7.57. The zero-order valence-electron chi connectivity index (χ0n) is 16.3. The number of urea groups is 1. The molecule has 1 aromatic rings. The van der Waals surface area contributed by atoms with Gasteiger partial charge in [-0.1, -0.05) is 13.3 Å². The van der Waals surface area contributed by atoms with Crippen LogP contribution in [0.5, 0.6) is 5.75 Å².